The summed E-state index contributed by atoms with van der Waals surface area (Å²) in [5.74, 6) is 1.12. The summed E-state index contributed by atoms with van der Waals surface area (Å²) in [4.78, 5) is 29.5. The summed E-state index contributed by atoms with van der Waals surface area (Å²) in [6.45, 7) is 7.90. The number of rotatable bonds is 10. The number of Topliss-reactive ketones (excluding diaryl/α,β-unsaturated/α-hetero) is 1. The number of hydrogen-bond donors (Lipinski definition) is 1. The van der Waals surface area contributed by atoms with Gasteiger partial charge in [0.15, 0.2) is 17.3 Å². The predicted molar refractivity (Wildman–Crippen MR) is 127 cm³/mol. The highest BCUT2D eigenvalue weighted by atomic mass is 16.6. The maximum atomic E-state index is 12.4. The summed E-state index contributed by atoms with van der Waals surface area (Å²) in [6, 6.07) is 15.8. The predicted octanol–water partition coefficient (Wildman–Crippen LogP) is 2.74. The normalized spacial score (nSPS) is 16.4. The van der Waals surface area contributed by atoms with E-state index in [1.165, 1.54) is 5.56 Å². The smallest absolute Gasteiger partial charge is 0.220 e. The van der Waals surface area contributed by atoms with E-state index in [0.717, 1.165) is 45.7 Å². The molecule has 2 aliphatic heterocycles. The number of carbonyl (C=O) groups is 2. The third-order valence-corrected chi connectivity index (χ3v) is 6.13. The molecule has 2 aromatic rings. The molecule has 0 saturated carbocycles. The van der Waals surface area contributed by atoms with Crippen LogP contribution in [0.1, 0.15) is 35.2 Å². The third kappa shape index (κ3) is 7.04. The molecule has 1 fully saturated rings. The van der Waals surface area contributed by atoms with Crippen LogP contribution < -0.4 is 14.8 Å². The number of amides is 1. The number of hydrogen-bond acceptors (Lipinski definition) is 6. The van der Waals surface area contributed by atoms with Crippen LogP contribution in [0.15, 0.2) is 48.5 Å². The second-order valence-electron chi connectivity index (χ2n) is 8.59. The zero-order valence-electron chi connectivity index (χ0n) is 19.1. The van der Waals surface area contributed by atoms with Gasteiger partial charge >= 0.3 is 0 Å². The van der Waals surface area contributed by atoms with Crippen molar-refractivity contribution < 1.29 is 19.1 Å². The SMILES string of the molecule is O=C(CCC(=O)c1ccc2c(c1)OCCO2)NCCCN1CCN(Cc2ccccc2)CC1. The Labute approximate surface area is 195 Å². The first-order valence-electron chi connectivity index (χ1n) is 11.9. The number of ether oxygens (including phenoxy) is 2. The fourth-order valence-electron chi connectivity index (χ4n) is 4.22. The van der Waals surface area contributed by atoms with E-state index >= 15 is 0 Å². The Morgan fingerprint density at radius 1 is 0.848 bits per heavy atom. The summed E-state index contributed by atoms with van der Waals surface area (Å²) in [6.07, 6.45) is 1.31. The highest BCUT2D eigenvalue weighted by Crippen LogP contribution is 2.31. The molecule has 0 aliphatic carbocycles. The molecule has 2 heterocycles. The Morgan fingerprint density at radius 2 is 1.58 bits per heavy atom. The molecule has 0 atom stereocenters. The Balaban J connectivity index is 1.07. The van der Waals surface area contributed by atoms with Crippen LogP contribution in [0.2, 0.25) is 0 Å². The lowest BCUT2D eigenvalue weighted by molar-refractivity contribution is -0.121. The number of benzene rings is 2. The minimum atomic E-state index is -0.0754. The molecular formula is C26H33N3O4. The second kappa shape index (κ2) is 11.8. The summed E-state index contributed by atoms with van der Waals surface area (Å²) in [5, 5.41) is 2.95. The van der Waals surface area contributed by atoms with E-state index in [1.54, 1.807) is 18.2 Å². The lowest BCUT2D eigenvalue weighted by atomic mass is 10.1. The first-order chi connectivity index (χ1) is 16.2. The van der Waals surface area contributed by atoms with E-state index in [4.69, 9.17) is 9.47 Å². The Hall–Kier alpha value is -2.90. The largest absolute Gasteiger partial charge is 0.486 e. The van der Waals surface area contributed by atoms with Gasteiger partial charge in [0.1, 0.15) is 13.2 Å². The third-order valence-electron chi connectivity index (χ3n) is 6.13. The quantitative estimate of drug-likeness (QED) is 0.443. The molecule has 33 heavy (non-hydrogen) atoms. The van der Waals surface area contributed by atoms with Crippen molar-refractivity contribution in [1.82, 2.24) is 15.1 Å². The van der Waals surface area contributed by atoms with Crippen molar-refractivity contribution >= 4 is 11.7 Å². The zero-order valence-corrected chi connectivity index (χ0v) is 19.1. The molecular weight excluding hydrogens is 418 g/mol. The van der Waals surface area contributed by atoms with Crippen LogP contribution in [-0.2, 0) is 11.3 Å². The van der Waals surface area contributed by atoms with E-state index in [9.17, 15) is 9.59 Å². The van der Waals surface area contributed by atoms with Gasteiger partial charge in [0.2, 0.25) is 5.91 Å². The van der Waals surface area contributed by atoms with E-state index in [-0.39, 0.29) is 24.5 Å². The summed E-state index contributed by atoms with van der Waals surface area (Å²) >= 11 is 0. The number of nitrogens with zero attached hydrogens (tertiary/aromatic N) is 2. The standard InChI is InChI=1S/C26H33N3O4/c30-23(22-7-9-24-25(19-22)33-18-17-32-24)8-10-26(31)27-11-4-12-28-13-15-29(16-14-28)20-21-5-2-1-3-6-21/h1-3,5-7,9,19H,4,8,10-18,20H2,(H,27,31). The molecule has 7 nitrogen and oxygen atoms in total. The number of fused-ring (bicyclic) bond motifs is 1. The van der Waals surface area contributed by atoms with Gasteiger partial charge in [0, 0.05) is 57.7 Å². The lowest BCUT2D eigenvalue weighted by Crippen LogP contribution is -2.46. The van der Waals surface area contributed by atoms with Crippen molar-refractivity contribution in [3.05, 3.63) is 59.7 Å². The van der Waals surface area contributed by atoms with Crippen LogP contribution in [0, 0.1) is 0 Å². The fraction of sp³-hybridized carbons (Fsp3) is 0.462. The fourth-order valence-corrected chi connectivity index (χ4v) is 4.22. The van der Waals surface area contributed by atoms with Crippen molar-refractivity contribution in [2.24, 2.45) is 0 Å². The van der Waals surface area contributed by atoms with Crippen molar-refractivity contribution in [3.63, 3.8) is 0 Å². The van der Waals surface area contributed by atoms with Gasteiger partial charge < -0.3 is 19.7 Å². The minimum Gasteiger partial charge on any atom is -0.486 e. The number of nitrogens with one attached hydrogen (secondary N) is 1. The van der Waals surface area contributed by atoms with Gasteiger partial charge in [-0.25, -0.2) is 0 Å². The summed E-state index contributed by atoms with van der Waals surface area (Å²) < 4.78 is 11.0. The average molecular weight is 452 g/mol. The molecule has 4 rings (SSSR count). The monoisotopic (exact) mass is 451 g/mol. The van der Waals surface area contributed by atoms with Crippen LogP contribution in [0.25, 0.3) is 0 Å². The molecule has 0 unspecified atom stereocenters. The molecule has 0 radical (unpaired) electrons. The first-order valence-corrected chi connectivity index (χ1v) is 11.9. The molecule has 2 aromatic carbocycles. The molecule has 1 N–H and O–H groups in total. The molecule has 7 heteroatoms. The molecule has 0 spiro atoms. The minimum absolute atomic E-state index is 0.0597. The van der Waals surface area contributed by atoms with E-state index in [0.29, 0.717) is 36.8 Å². The van der Waals surface area contributed by atoms with E-state index in [1.807, 2.05) is 0 Å². The number of carbonyl (C=O) groups excluding carboxylic acids is 2. The van der Waals surface area contributed by atoms with E-state index < -0.39 is 0 Å². The molecule has 0 bridgehead atoms. The summed E-state index contributed by atoms with van der Waals surface area (Å²) in [5.41, 5.74) is 1.92. The van der Waals surface area contributed by atoms with Crippen LogP contribution in [0.5, 0.6) is 11.5 Å². The van der Waals surface area contributed by atoms with Gasteiger partial charge in [-0.3, -0.25) is 14.5 Å². The van der Waals surface area contributed by atoms with Crippen molar-refractivity contribution in [1.29, 1.82) is 0 Å². The Kier molecular flexibility index (Phi) is 8.33. The average Bonchev–Trinajstić information content (AvgIpc) is 2.86. The van der Waals surface area contributed by atoms with Gasteiger partial charge in [-0.15, -0.1) is 0 Å². The molecule has 176 valence electrons. The zero-order chi connectivity index (χ0) is 22.9. The maximum absolute atomic E-state index is 12.4. The van der Waals surface area contributed by atoms with Crippen LogP contribution in [0.4, 0.5) is 0 Å². The van der Waals surface area contributed by atoms with Gasteiger partial charge in [0.05, 0.1) is 0 Å². The summed E-state index contributed by atoms with van der Waals surface area (Å²) in [7, 11) is 0. The van der Waals surface area contributed by atoms with Crippen LogP contribution >= 0.6 is 0 Å². The van der Waals surface area contributed by atoms with Gasteiger partial charge in [-0.05, 0) is 36.7 Å². The van der Waals surface area contributed by atoms with Gasteiger partial charge in [-0.1, -0.05) is 30.3 Å². The Morgan fingerprint density at radius 3 is 2.36 bits per heavy atom. The van der Waals surface area contributed by atoms with E-state index in [2.05, 4.69) is 45.4 Å². The van der Waals surface area contributed by atoms with Crippen molar-refractivity contribution in [2.75, 3.05) is 52.5 Å². The molecule has 0 aromatic heterocycles. The van der Waals surface area contributed by atoms with Crippen molar-refractivity contribution in [2.45, 2.75) is 25.8 Å². The number of ketones is 1. The van der Waals surface area contributed by atoms with Crippen LogP contribution in [-0.4, -0.2) is 74.0 Å². The van der Waals surface area contributed by atoms with Crippen molar-refractivity contribution in [3.8, 4) is 11.5 Å². The highest BCUT2D eigenvalue weighted by molar-refractivity contribution is 5.98. The highest BCUT2D eigenvalue weighted by Gasteiger charge is 2.17. The lowest BCUT2D eigenvalue weighted by Gasteiger charge is -2.34. The van der Waals surface area contributed by atoms with Gasteiger partial charge in [-0.2, -0.15) is 0 Å². The topological polar surface area (TPSA) is 71.1 Å². The van der Waals surface area contributed by atoms with Gasteiger partial charge in [0.25, 0.3) is 0 Å². The molecule has 2 aliphatic rings. The first kappa shape index (κ1) is 23.3. The van der Waals surface area contributed by atoms with Crippen LogP contribution in [0.3, 0.4) is 0 Å². The second-order valence-corrected chi connectivity index (χ2v) is 8.59. The Bertz CT molecular complexity index is 926. The molecule has 1 amide bonds. The number of piperazine rings is 1. The molecule has 1 saturated heterocycles. The maximum Gasteiger partial charge on any atom is 0.220 e.